The summed E-state index contributed by atoms with van der Waals surface area (Å²) < 4.78 is 42.4. The van der Waals surface area contributed by atoms with Crippen LogP contribution in [0.25, 0.3) is 0 Å². The van der Waals surface area contributed by atoms with Crippen LogP contribution in [0.5, 0.6) is 5.75 Å². The van der Waals surface area contributed by atoms with Gasteiger partial charge in [-0.1, -0.05) is 0 Å². The van der Waals surface area contributed by atoms with Crippen molar-refractivity contribution in [1.29, 1.82) is 0 Å². The quantitative estimate of drug-likeness (QED) is 0.617. The van der Waals surface area contributed by atoms with Gasteiger partial charge in [-0.05, 0) is 37.1 Å². The molecule has 10 heteroatoms. The predicted octanol–water partition coefficient (Wildman–Crippen LogP) is 0.250. The number of ether oxygens (including phenoxy) is 3. The number of nitrogens with zero attached hydrogens (tertiary/aromatic N) is 2. The third-order valence-corrected chi connectivity index (χ3v) is 6.77. The van der Waals surface area contributed by atoms with Gasteiger partial charge in [0.2, 0.25) is 10.0 Å². The molecule has 2 saturated heterocycles. The molecule has 0 spiro atoms. The average molecular weight is 412 g/mol. The van der Waals surface area contributed by atoms with E-state index in [0.29, 0.717) is 44.9 Å². The fourth-order valence-electron chi connectivity index (χ4n) is 3.28. The molecule has 28 heavy (non-hydrogen) atoms. The van der Waals surface area contributed by atoms with Crippen LogP contribution in [-0.2, 0) is 29.1 Å². The molecule has 0 radical (unpaired) electrons. The molecule has 1 atom stereocenters. The van der Waals surface area contributed by atoms with Crippen molar-refractivity contribution in [1.82, 2.24) is 9.21 Å². The normalized spacial score (nSPS) is 20.8. The van der Waals surface area contributed by atoms with Crippen molar-refractivity contribution in [3.8, 4) is 5.75 Å². The van der Waals surface area contributed by atoms with Gasteiger partial charge in [-0.15, -0.1) is 0 Å². The van der Waals surface area contributed by atoms with E-state index < -0.39 is 28.6 Å². The average Bonchev–Trinajstić information content (AvgIpc) is 3.23. The molecule has 1 amide bonds. The Morgan fingerprint density at radius 2 is 1.82 bits per heavy atom. The van der Waals surface area contributed by atoms with Gasteiger partial charge in [-0.25, -0.2) is 8.42 Å². The molecule has 0 aliphatic carbocycles. The Morgan fingerprint density at radius 1 is 1.14 bits per heavy atom. The Labute approximate surface area is 164 Å². The lowest BCUT2D eigenvalue weighted by atomic mass is 10.2. The predicted molar refractivity (Wildman–Crippen MR) is 98.3 cm³/mol. The van der Waals surface area contributed by atoms with Crippen LogP contribution in [0.3, 0.4) is 0 Å². The van der Waals surface area contributed by atoms with Gasteiger partial charge in [-0.3, -0.25) is 9.59 Å². The smallest absolute Gasteiger partial charge is 0.324 e. The molecule has 0 unspecified atom stereocenters. The highest BCUT2D eigenvalue weighted by atomic mass is 32.2. The fraction of sp³-hybridized carbons (Fsp3) is 0.556. The van der Waals surface area contributed by atoms with Crippen LogP contribution in [0.4, 0.5) is 0 Å². The summed E-state index contributed by atoms with van der Waals surface area (Å²) in [5.41, 5.74) is 0. The van der Waals surface area contributed by atoms with Crippen molar-refractivity contribution < 1.29 is 32.2 Å². The van der Waals surface area contributed by atoms with Crippen LogP contribution in [-0.4, -0.2) is 82.1 Å². The molecule has 2 heterocycles. The second-order valence-corrected chi connectivity index (χ2v) is 8.44. The first-order valence-electron chi connectivity index (χ1n) is 9.11. The highest BCUT2D eigenvalue weighted by molar-refractivity contribution is 7.89. The van der Waals surface area contributed by atoms with Crippen LogP contribution in [0.2, 0.25) is 0 Å². The second kappa shape index (κ2) is 8.89. The van der Waals surface area contributed by atoms with Crippen molar-refractivity contribution in [3.05, 3.63) is 24.3 Å². The van der Waals surface area contributed by atoms with Gasteiger partial charge in [0.1, 0.15) is 11.8 Å². The number of methoxy groups -OCH3 is 1. The van der Waals surface area contributed by atoms with Gasteiger partial charge in [0.05, 0.1) is 25.2 Å². The maximum atomic E-state index is 12.9. The van der Waals surface area contributed by atoms with Crippen molar-refractivity contribution in [3.63, 3.8) is 0 Å². The van der Waals surface area contributed by atoms with Gasteiger partial charge >= 0.3 is 5.97 Å². The van der Waals surface area contributed by atoms with Gasteiger partial charge in [0.25, 0.3) is 5.91 Å². The summed E-state index contributed by atoms with van der Waals surface area (Å²) in [4.78, 5) is 26.3. The van der Waals surface area contributed by atoms with Crippen molar-refractivity contribution in [2.45, 2.75) is 23.8 Å². The summed E-state index contributed by atoms with van der Waals surface area (Å²) in [6, 6.07) is 5.06. The number of hydrogen-bond acceptors (Lipinski definition) is 7. The maximum Gasteiger partial charge on any atom is 0.324 e. The summed E-state index contributed by atoms with van der Waals surface area (Å²) in [5.74, 6) is -0.464. The first-order chi connectivity index (χ1) is 13.4. The van der Waals surface area contributed by atoms with E-state index in [9.17, 15) is 18.0 Å². The van der Waals surface area contributed by atoms with Gasteiger partial charge in [-0.2, -0.15) is 4.31 Å². The second-order valence-electron chi connectivity index (χ2n) is 6.55. The lowest BCUT2D eigenvalue weighted by Crippen LogP contribution is -2.45. The molecule has 2 fully saturated rings. The maximum absolute atomic E-state index is 12.9. The molecule has 1 aromatic rings. The molecule has 2 aliphatic rings. The zero-order valence-corrected chi connectivity index (χ0v) is 16.5. The summed E-state index contributed by atoms with van der Waals surface area (Å²) >= 11 is 0. The molecule has 1 aromatic carbocycles. The lowest BCUT2D eigenvalue weighted by molar-refractivity contribution is -0.156. The SMILES string of the molecule is COc1ccc(S(=O)(=O)N2CCC[C@H]2C(=O)OCC(=O)N2CCOCC2)cc1. The van der Waals surface area contributed by atoms with E-state index in [1.807, 2.05) is 0 Å². The number of hydrogen-bond donors (Lipinski definition) is 0. The Balaban J connectivity index is 1.64. The van der Waals surface area contributed by atoms with E-state index in [4.69, 9.17) is 14.2 Å². The largest absolute Gasteiger partial charge is 0.497 e. The zero-order chi connectivity index (χ0) is 20.1. The first kappa shape index (κ1) is 20.6. The van der Waals surface area contributed by atoms with Crippen LogP contribution in [0, 0.1) is 0 Å². The molecule has 3 rings (SSSR count). The van der Waals surface area contributed by atoms with E-state index in [1.165, 1.54) is 19.2 Å². The summed E-state index contributed by atoms with van der Waals surface area (Å²) in [6.45, 7) is 1.65. The number of benzene rings is 1. The summed E-state index contributed by atoms with van der Waals surface area (Å²) in [5, 5.41) is 0. The molecule has 0 aromatic heterocycles. The van der Waals surface area contributed by atoms with Gasteiger partial charge in [0.15, 0.2) is 6.61 Å². The number of carbonyl (C=O) groups excluding carboxylic acids is 2. The number of morpholine rings is 1. The highest BCUT2D eigenvalue weighted by Crippen LogP contribution is 2.27. The summed E-state index contributed by atoms with van der Waals surface area (Å²) in [7, 11) is -2.36. The van der Waals surface area contributed by atoms with E-state index in [1.54, 1.807) is 17.0 Å². The minimum Gasteiger partial charge on any atom is -0.497 e. The molecular weight excluding hydrogens is 388 g/mol. The topological polar surface area (TPSA) is 102 Å². The number of amides is 1. The fourth-order valence-corrected chi connectivity index (χ4v) is 4.93. The van der Waals surface area contributed by atoms with Crippen LogP contribution in [0.15, 0.2) is 29.2 Å². The molecular formula is C18H24N2O7S. The van der Waals surface area contributed by atoms with E-state index >= 15 is 0 Å². The first-order valence-corrected chi connectivity index (χ1v) is 10.6. The third-order valence-electron chi connectivity index (χ3n) is 4.84. The minimum atomic E-state index is -3.85. The minimum absolute atomic E-state index is 0.0809. The van der Waals surface area contributed by atoms with Crippen LogP contribution < -0.4 is 4.74 Å². The van der Waals surface area contributed by atoms with Gasteiger partial charge in [0, 0.05) is 19.6 Å². The number of rotatable bonds is 6. The van der Waals surface area contributed by atoms with Crippen molar-refractivity contribution in [2.75, 3.05) is 46.6 Å². The highest BCUT2D eigenvalue weighted by Gasteiger charge is 2.40. The van der Waals surface area contributed by atoms with Crippen LogP contribution >= 0.6 is 0 Å². The number of carbonyl (C=O) groups is 2. The molecule has 0 N–H and O–H groups in total. The molecule has 9 nitrogen and oxygen atoms in total. The third kappa shape index (κ3) is 4.45. The lowest BCUT2D eigenvalue weighted by Gasteiger charge is -2.27. The summed E-state index contributed by atoms with van der Waals surface area (Å²) in [6.07, 6.45) is 0.909. The molecule has 0 bridgehead atoms. The standard InChI is InChI=1S/C18H24N2O7S/c1-25-14-4-6-15(7-5-14)28(23,24)20-8-2-3-16(20)18(22)27-13-17(21)19-9-11-26-12-10-19/h4-7,16H,2-3,8-13H2,1H3/t16-/m0/s1. The van der Waals surface area contributed by atoms with Crippen molar-refractivity contribution >= 4 is 21.9 Å². The van der Waals surface area contributed by atoms with E-state index in [-0.39, 0.29) is 17.3 Å². The Morgan fingerprint density at radius 3 is 2.46 bits per heavy atom. The molecule has 154 valence electrons. The van der Waals surface area contributed by atoms with E-state index in [0.717, 1.165) is 4.31 Å². The Hall–Kier alpha value is -2.17. The van der Waals surface area contributed by atoms with Crippen LogP contribution in [0.1, 0.15) is 12.8 Å². The molecule has 0 saturated carbocycles. The van der Waals surface area contributed by atoms with Gasteiger partial charge < -0.3 is 19.1 Å². The van der Waals surface area contributed by atoms with E-state index in [2.05, 4.69) is 0 Å². The van der Waals surface area contributed by atoms with Crippen molar-refractivity contribution in [2.24, 2.45) is 0 Å². The number of esters is 1. The monoisotopic (exact) mass is 412 g/mol. The number of sulfonamides is 1. The Bertz CT molecular complexity index is 804. The zero-order valence-electron chi connectivity index (χ0n) is 15.7. The molecule has 2 aliphatic heterocycles. The Kier molecular flexibility index (Phi) is 6.53.